The van der Waals surface area contributed by atoms with Crippen LogP contribution >= 0.6 is 12.2 Å². The Kier molecular flexibility index (Phi) is 6.45. The van der Waals surface area contributed by atoms with Crippen LogP contribution in [0, 0.1) is 0 Å². The van der Waals surface area contributed by atoms with Crippen molar-refractivity contribution < 1.29 is 4.79 Å². The highest BCUT2D eigenvalue weighted by molar-refractivity contribution is 7.80. The van der Waals surface area contributed by atoms with Gasteiger partial charge in [0.1, 0.15) is 4.99 Å². The van der Waals surface area contributed by atoms with E-state index in [1.807, 2.05) is 19.2 Å². The molecule has 0 aromatic heterocycles. The van der Waals surface area contributed by atoms with E-state index in [1.165, 1.54) is 0 Å². The van der Waals surface area contributed by atoms with Gasteiger partial charge in [-0.1, -0.05) is 19.1 Å². The molecule has 1 aromatic rings. The van der Waals surface area contributed by atoms with Crippen LogP contribution in [0.2, 0.25) is 0 Å². The molecule has 0 unspecified atom stereocenters. The molecule has 0 aliphatic heterocycles. The Hall–Kier alpha value is -1.46. The minimum Gasteiger partial charge on any atom is -0.389 e. The SMILES string of the molecule is CCCN(C)CCC(=O)Nc1ccc(C(N)=S)cc1. The number of nitrogens with zero attached hydrogens (tertiary/aromatic N) is 1. The molecule has 1 rings (SSSR count). The Balaban J connectivity index is 2.42. The van der Waals surface area contributed by atoms with Crippen LogP contribution in [0.4, 0.5) is 5.69 Å². The molecule has 1 aromatic carbocycles. The van der Waals surface area contributed by atoms with Gasteiger partial charge in [0.15, 0.2) is 0 Å². The highest BCUT2D eigenvalue weighted by Crippen LogP contribution is 2.09. The lowest BCUT2D eigenvalue weighted by Crippen LogP contribution is -2.24. The van der Waals surface area contributed by atoms with Gasteiger partial charge < -0.3 is 16.0 Å². The summed E-state index contributed by atoms with van der Waals surface area (Å²) < 4.78 is 0. The zero-order valence-electron chi connectivity index (χ0n) is 11.5. The average molecular weight is 279 g/mol. The fourth-order valence-corrected chi connectivity index (χ4v) is 1.86. The van der Waals surface area contributed by atoms with Crippen molar-refractivity contribution in [3.8, 4) is 0 Å². The molecular weight excluding hydrogens is 258 g/mol. The molecule has 1 amide bonds. The predicted molar refractivity (Wildman–Crippen MR) is 83.4 cm³/mol. The van der Waals surface area contributed by atoms with Gasteiger partial charge >= 0.3 is 0 Å². The third-order valence-electron chi connectivity index (χ3n) is 2.78. The molecule has 104 valence electrons. The van der Waals surface area contributed by atoms with Crippen molar-refractivity contribution in [1.82, 2.24) is 4.90 Å². The van der Waals surface area contributed by atoms with E-state index in [9.17, 15) is 4.79 Å². The average Bonchev–Trinajstić information content (AvgIpc) is 2.37. The monoisotopic (exact) mass is 279 g/mol. The first-order chi connectivity index (χ1) is 9.02. The summed E-state index contributed by atoms with van der Waals surface area (Å²) in [5.41, 5.74) is 7.08. The highest BCUT2D eigenvalue weighted by atomic mass is 32.1. The normalized spacial score (nSPS) is 10.5. The molecule has 0 bridgehead atoms. The van der Waals surface area contributed by atoms with E-state index in [4.69, 9.17) is 18.0 Å². The van der Waals surface area contributed by atoms with Crippen LogP contribution in [0.15, 0.2) is 24.3 Å². The van der Waals surface area contributed by atoms with Crippen molar-refractivity contribution in [3.63, 3.8) is 0 Å². The summed E-state index contributed by atoms with van der Waals surface area (Å²) in [6.07, 6.45) is 1.59. The van der Waals surface area contributed by atoms with E-state index < -0.39 is 0 Å². The number of amides is 1. The number of carbonyl (C=O) groups excluding carboxylic acids is 1. The van der Waals surface area contributed by atoms with E-state index >= 15 is 0 Å². The largest absolute Gasteiger partial charge is 0.389 e. The van der Waals surface area contributed by atoms with Gasteiger partial charge in [0, 0.05) is 24.2 Å². The molecule has 0 atom stereocenters. The van der Waals surface area contributed by atoms with Crippen molar-refractivity contribution in [2.75, 3.05) is 25.5 Å². The lowest BCUT2D eigenvalue weighted by Gasteiger charge is -2.14. The zero-order valence-corrected chi connectivity index (χ0v) is 12.3. The first-order valence-corrected chi connectivity index (χ1v) is 6.82. The maximum atomic E-state index is 11.8. The lowest BCUT2D eigenvalue weighted by atomic mass is 10.2. The molecule has 0 heterocycles. The zero-order chi connectivity index (χ0) is 14.3. The van der Waals surface area contributed by atoms with Gasteiger partial charge in [0.25, 0.3) is 0 Å². The first-order valence-electron chi connectivity index (χ1n) is 6.41. The molecule has 0 spiro atoms. The van der Waals surface area contributed by atoms with E-state index in [0.29, 0.717) is 11.4 Å². The standard InChI is InChI=1S/C14H21N3OS/c1-3-9-17(2)10-8-13(18)16-12-6-4-11(5-7-12)14(15)19/h4-7H,3,8-10H2,1-2H3,(H2,15,19)(H,16,18). The number of nitrogens with two attached hydrogens (primary N) is 1. The fraction of sp³-hybridized carbons (Fsp3) is 0.429. The minimum absolute atomic E-state index is 0.0195. The third-order valence-corrected chi connectivity index (χ3v) is 3.01. The van der Waals surface area contributed by atoms with Crippen molar-refractivity contribution >= 4 is 28.8 Å². The van der Waals surface area contributed by atoms with Crippen LogP contribution in [0.1, 0.15) is 25.3 Å². The predicted octanol–water partition coefficient (Wildman–Crippen LogP) is 1.99. The molecule has 0 radical (unpaired) electrons. The van der Waals surface area contributed by atoms with Crippen LogP contribution in [-0.2, 0) is 4.79 Å². The van der Waals surface area contributed by atoms with Gasteiger partial charge in [-0.05, 0) is 44.3 Å². The summed E-state index contributed by atoms with van der Waals surface area (Å²) in [7, 11) is 2.02. The number of thiocarbonyl (C=S) groups is 1. The maximum Gasteiger partial charge on any atom is 0.225 e. The van der Waals surface area contributed by atoms with Crippen LogP contribution < -0.4 is 11.1 Å². The number of hydrogen-bond donors (Lipinski definition) is 2. The van der Waals surface area contributed by atoms with Crippen molar-refractivity contribution in [2.24, 2.45) is 5.73 Å². The molecule has 0 saturated heterocycles. The summed E-state index contributed by atoms with van der Waals surface area (Å²) in [4.78, 5) is 14.3. The Morgan fingerprint density at radius 3 is 2.47 bits per heavy atom. The second-order valence-corrected chi connectivity index (χ2v) is 4.98. The third kappa shape index (κ3) is 5.81. The molecule has 0 aliphatic carbocycles. The van der Waals surface area contributed by atoms with Gasteiger partial charge in [0.05, 0.1) is 0 Å². The Labute approximate surface area is 120 Å². The van der Waals surface area contributed by atoms with Gasteiger partial charge in [-0.2, -0.15) is 0 Å². The second-order valence-electron chi connectivity index (χ2n) is 4.54. The van der Waals surface area contributed by atoms with E-state index in [1.54, 1.807) is 12.1 Å². The van der Waals surface area contributed by atoms with Gasteiger partial charge in [-0.25, -0.2) is 0 Å². The second kappa shape index (κ2) is 7.86. The van der Waals surface area contributed by atoms with E-state index in [0.717, 1.165) is 30.8 Å². The molecule has 0 saturated carbocycles. The van der Waals surface area contributed by atoms with Crippen molar-refractivity contribution in [3.05, 3.63) is 29.8 Å². The molecule has 3 N–H and O–H groups in total. The van der Waals surface area contributed by atoms with Crippen molar-refractivity contribution in [2.45, 2.75) is 19.8 Å². The molecule has 4 nitrogen and oxygen atoms in total. The Bertz CT molecular complexity index is 431. The van der Waals surface area contributed by atoms with Gasteiger partial charge in [-0.15, -0.1) is 0 Å². The maximum absolute atomic E-state index is 11.8. The smallest absolute Gasteiger partial charge is 0.225 e. The fourth-order valence-electron chi connectivity index (χ4n) is 1.73. The molecule has 5 heteroatoms. The summed E-state index contributed by atoms with van der Waals surface area (Å²) in [6.45, 7) is 3.90. The minimum atomic E-state index is 0.0195. The number of nitrogens with one attached hydrogen (secondary N) is 1. The van der Waals surface area contributed by atoms with Crippen LogP contribution in [0.3, 0.4) is 0 Å². The first kappa shape index (κ1) is 15.6. The van der Waals surface area contributed by atoms with Crippen molar-refractivity contribution in [1.29, 1.82) is 0 Å². The van der Waals surface area contributed by atoms with Crippen LogP contribution in [0.25, 0.3) is 0 Å². The quantitative estimate of drug-likeness (QED) is 0.749. The Morgan fingerprint density at radius 2 is 1.95 bits per heavy atom. The number of benzene rings is 1. The van der Waals surface area contributed by atoms with Crippen LogP contribution in [0.5, 0.6) is 0 Å². The van der Waals surface area contributed by atoms with Gasteiger partial charge in [-0.3, -0.25) is 4.79 Å². The number of rotatable bonds is 7. The molecule has 0 fully saturated rings. The summed E-state index contributed by atoms with van der Waals surface area (Å²) in [6, 6.07) is 7.23. The number of carbonyl (C=O) groups is 1. The Morgan fingerprint density at radius 1 is 1.32 bits per heavy atom. The number of hydrogen-bond acceptors (Lipinski definition) is 3. The molecular formula is C14H21N3OS. The highest BCUT2D eigenvalue weighted by Gasteiger charge is 2.05. The van der Waals surface area contributed by atoms with Gasteiger partial charge in [0.2, 0.25) is 5.91 Å². The topological polar surface area (TPSA) is 58.4 Å². The lowest BCUT2D eigenvalue weighted by molar-refractivity contribution is -0.116. The number of anilines is 1. The summed E-state index contributed by atoms with van der Waals surface area (Å²) >= 11 is 4.87. The summed E-state index contributed by atoms with van der Waals surface area (Å²) in [5.74, 6) is 0.0195. The van der Waals surface area contributed by atoms with E-state index in [-0.39, 0.29) is 5.91 Å². The molecule has 0 aliphatic rings. The van der Waals surface area contributed by atoms with Crippen LogP contribution in [-0.4, -0.2) is 35.9 Å². The van der Waals surface area contributed by atoms with E-state index in [2.05, 4.69) is 17.1 Å². The molecule has 19 heavy (non-hydrogen) atoms. The summed E-state index contributed by atoms with van der Waals surface area (Å²) in [5, 5.41) is 2.86.